The lowest BCUT2D eigenvalue weighted by Crippen LogP contribution is -2.12. The van der Waals surface area contributed by atoms with Gasteiger partial charge in [-0.1, -0.05) is 24.9 Å². The Labute approximate surface area is 112 Å². The van der Waals surface area contributed by atoms with Gasteiger partial charge in [-0.3, -0.25) is 4.68 Å². The third-order valence-corrected chi connectivity index (χ3v) is 3.82. The fraction of sp³-hybridized carbons (Fsp3) is 0.615. The highest BCUT2D eigenvalue weighted by molar-refractivity contribution is 5.30. The summed E-state index contributed by atoms with van der Waals surface area (Å²) in [5.74, 6) is 2.73. The van der Waals surface area contributed by atoms with Crippen LogP contribution in [0.25, 0.3) is 0 Å². The third kappa shape index (κ3) is 2.77. The molecule has 0 aromatic carbocycles. The number of nitrogen functional groups attached to an aromatic ring is 1. The van der Waals surface area contributed by atoms with Crippen LogP contribution in [0.4, 0.5) is 5.69 Å². The van der Waals surface area contributed by atoms with Crippen LogP contribution in [0.15, 0.2) is 16.9 Å². The van der Waals surface area contributed by atoms with E-state index in [-0.39, 0.29) is 0 Å². The van der Waals surface area contributed by atoms with Crippen molar-refractivity contribution in [2.75, 3.05) is 5.73 Å². The van der Waals surface area contributed by atoms with Crippen molar-refractivity contribution in [3.63, 3.8) is 0 Å². The summed E-state index contributed by atoms with van der Waals surface area (Å²) < 4.78 is 7.00. The Kier molecular flexibility index (Phi) is 3.23. The first kappa shape index (κ1) is 12.2. The van der Waals surface area contributed by atoms with Crippen molar-refractivity contribution in [3.05, 3.63) is 24.1 Å². The van der Waals surface area contributed by atoms with Gasteiger partial charge in [0.05, 0.1) is 11.9 Å². The van der Waals surface area contributed by atoms with Gasteiger partial charge in [-0.15, -0.1) is 0 Å². The number of aromatic nitrogens is 4. The van der Waals surface area contributed by atoms with Gasteiger partial charge in [-0.2, -0.15) is 10.1 Å². The van der Waals surface area contributed by atoms with E-state index in [9.17, 15) is 0 Å². The Bertz CT molecular complexity index is 539. The normalized spacial score (nSPS) is 23.6. The molecule has 2 aromatic heterocycles. The highest BCUT2D eigenvalue weighted by Gasteiger charge is 2.23. The summed E-state index contributed by atoms with van der Waals surface area (Å²) in [5, 5.41) is 8.22. The molecule has 1 aliphatic carbocycles. The molecule has 0 radical (unpaired) electrons. The smallest absolute Gasteiger partial charge is 0.248 e. The summed E-state index contributed by atoms with van der Waals surface area (Å²) in [6.07, 6.45) is 8.20. The number of nitrogens with two attached hydrogens (primary N) is 1. The lowest BCUT2D eigenvalue weighted by atomic mass is 9.83. The molecule has 102 valence electrons. The summed E-state index contributed by atoms with van der Waals surface area (Å²) in [6, 6.07) is 0. The van der Waals surface area contributed by atoms with E-state index in [0.29, 0.717) is 24.0 Å². The molecule has 0 amide bonds. The Hall–Kier alpha value is -1.85. The highest BCUT2D eigenvalue weighted by atomic mass is 16.5. The van der Waals surface area contributed by atoms with Crippen LogP contribution in [-0.2, 0) is 6.54 Å². The summed E-state index contributed by atoms with van der Waals surface area (Å²) >= 11 is 0. The average Bonchev–Trinajstić information content (AvgIpc) is 3.00. The summed E-state index contributed by atoms with van der Waals surface area (Å²) in [6.45, 7) is 2.79. The Morgan fingerprint density at radius 1 is 1.37 bits per heavy atom. The van der Waals surface area contributed by atoms with E-state index in [2.05, 4.69) is 22.2 Å². The minimum absolute atomic E-state index is 0.455. The zero-order valence-electron chi connectivity index (χ0n) is 11.1. The van der Waals surface area contributed by atoms with Crippen molar-refractivity contribution >= 4 is 5.69 Å². The second-order valence-corrected chi connectivity index (χ2v) is 5.47. The van der Waals surface area contributed by atoms with Crippen molar-refractivity contribution in [2.24, 2.45) is 5.92 Å². The van der Waals surface area contributed by atoms with Crippen LogP contribution < -0.4 is 5.73 Å². The minimum atomic E-state index is 0.455. The topological polar surface area (TPSA) is 82.8 Å². The maximum Gasteiger partial charge on any atom is 0.248 e. The molecule has 1 saturated carbocycles. The molecule has 0 bridgehead atoms. The van der Waals surface area contributed by atoms with Crippen LogP contribution >= 0.6 is 0 Å². The van der Waals surface area contributed by atoms with Crippen molar-refractivity contribution in [1.29, 1.82) is 0 Å². The predicted molar refractivity (Wildman–Crippen MR) is 70.4 cm³/mol. The zero-order chi connectivity index (χ0) is 13.2. The number of hydrogen-bond acceptors (Lipinski definition) is 5. The highest BCUT2D eigenvalue weighted by Crippen LogP contribution is 2.34. The minimum Gasteiger partial charge on any atom is -0.396 e. The van der Waals surface area contributed by atoms with Gasteiger partial charge in [0.15, 0.2) is 5.82 Å². The van der Waals surface area contributed by atoms with Crippen LogP contribution in [0.3, 0.4) is 0 Å². The van der Waals surface area contributed by atoms with Gasteiger partial charge in [-0.05, 0) is 18.8 Å². The summed E-state index contributed by atoms with van der Waals surface area (Å²) in [5.41, 5.74) is 6.26. The van der Waals surface area contributed by atoms with Crippen molar-refractivity contribution in [3.8, 4) is 0 Å². The van der Waals surface area contributed by atoms with E-state index >= 15 is 0 Å². The lowest BCUT2D eigenvalue weighted by molar-refractivity contribution is 0.322. The summed E-state index contributed by atoms with van der Waals surface area (Å²) in [4.78, 5) is 4.48. The Morgan fingerprint density at radius 3 is 2.84 bits per heavy atom. The summed E-state index contributed by atoms with van der Waals surface area (Å²) in [7, 11) is 0. The van der Waals surface area contributed by atoms with Gasteiger partial charge in [0.2, 0.25) is 5.89 Å². The SMILES string of the molecule is CC1CCC(c2noc(Cn3cc(N)cn3)n2)CC1. The molecule has 6 heteroatoms. The zero-order valence-corrected chi connectivity index (χ0v) is 11.1. The Morgan fingerprint density at radius 2 is 2.16 bits per heavy atom. The molecule has 0 spiro atoms. The molecular weight excluding hydrogens is 242 g/mol. The standard InChI is InChI=1S/C13H19N5O/c1-9-2-4-10(5-3-9)13-16-12(19-17-13)8-18-7-11(14)6-15-18/h6-7,9-10H,2-5,8,14H2,1H3. The van der Waals surface area contributed by atoms with Crippen LogP contribution in [0, 0.1) is 5.92 Å². The number of hydrogen-bond donors (Lipinski definition) is 1. The maximum atomic E-state index is 5.62. The van der Waals surface area contributed by atoms with E-state index in [4.69, 9.17) is 10.3 Å². The van der Waals surface area contributed by atoms with Gasteiger partial charge in [-0.25, -0.2) is 0 Å². The fourth-order valence-corrected chi connectivity index (χ4v) is 2.62. The van der Waals surface area contributed by atoms with Crippen LogP contribution in [0.2, 0.25) is 0 Å². The largest absolute Gasteiger partial charge is 0.396 e. The van der Waals surface area contributed by atoms with E-state index in [0.717, 1.165) is 24.6 Å². The molecule has 2 aromatic rings. The van der Waals surface area contributed by atoms with Crippen LogP contribution in [-0.4, -0.2) is 19.9 Å². The molecule has 0 unspecified atom stereocenters. The second-order valence-electron chi connectivity index (χ2n) is 5.47. The van der Waals surface area contributed by atoms with Crippen LogP contribution in [0.5, 0.6) is 0 Å². The molecule has 1 aliphatic rings. The molecule has 1 fully saturated rings. The number of nitrogens with zero attached hydrogens (tertiary/aromatic N) is 4. The second kappa shape index (κ2) is 5.03. The molecule has 2 heterocycles. The fourth-order valence-electron chi connectivity index (χ4n) is 2.62. The van der Waals surface area contributed by atoms with Gasteiger partial charge in [0.25, 0.3) is 0 Å². The van der Waals surface area contributed by atoms with Crippen molar-refractivity contribution < 1.29 is 4.52 Å². The maximum absolute atomic E-state index is 5.62. The van der Waals surface area contributed by atoms with Gasteiger partial charge >= 0.3 is 0 Å². The van der Waals surface area contributed by atoms with E-state index in [1.807, 2.05) is 0 Å². The molecule has 0 saturated heterocycles. The van der Waals surface area contributed by atoms with E-state index in [1.54, 1.807) is 17.1 Å². The van der Waals surface area contributed by atoms with Crippen molar-refractivity contribution in [2.45, 2.75) is 45.1 Å². The Balaban J connectivity index is 1.66. The first-order chi connectivity index (χ1) is 9.20. The predicted octanol–water partition coefficient (Wildman–Crippen LogP) is 2.19. The first-order valence-electron chi connectivity index (χ1n) is 6.81. The molecular formula is C13H19N5O. The van der Waals surface area contributed by atoms with Crippen LogP contribution in [0.1, 0.15) is 50.2 Å². The quantitative estimate of drug-likeness (QED) is 0.915. The third-order valence-electron chi connectivity index (χ3n) is 3.82. The van der Waals surface area contributed by atoms with Gasteiger partial charge in [0.1, 0.15) is 6.54 Å². The monoisotopic (exact) mass is 261 g/mol. The van der Waals surface area contributed by atoms with E-state index < -0.39 is 0 Å². The first-order valence-corrected chi connectivity index (χ1v) is 6.81. The molecule has 0 atom stereocenters. The van der Waals surface area contributed by atoms with Gasteiger partial charge < -0.3 is 10.3 Å². The van der Waals surface area contributed by atoms with E-state index in [1.165, 1.54) is 12.8 Å². The average molecular weight is 261 g/mol. The molecule has 0 aliphatic heterocycles. The molecule has 2 N–H and O–H groups in total. The van der Waals surface area contributed by atoms with Gasteiger partial charge in [0, 0.05) is 12.1 Å². The number of anilines is 1. The lowest BCUT2D eigenvalue weighted by Gasteiger charge is -2.23. The molecule has 6 nitrogen and oxygen atoms in total. The number of rotatable bonds is 3. The molecule has 19 heavy (non-hydrogen) atoms. The molecule has 3 rings (SSSR count). The van der Waals surface area contributed by atoms with Crippen molar-refractivity contribution in [1.82, 2.24) is 19.9 Å².